The number of hydrogen-bond donors (Lipinski definition) is 1. The minimum atomic E-state index is -0.921. The molecule has 2 atom stereocenters. The molecule has 0 saturated carbocycles. The molecular weight excluding hydrogens is 577 g/mol. The first-order valence-corrected chi connectivity index (χ1v) is 14.8. The molecule has 10 nitrogen and oxygen atoms in total. The van der Waals surface area contributed by atoms with Crippen molar-refractivity contribution in [1.29, 1.82) is 0 Å². The summed E-state index contributed by atoms with van der Waals surface area (Å²) >= 11 is 6.57. The van der Waals surface area contributed by atoms with Gasteiger partial charge in [-0.15, -0.1) is 0 Å². The lowest BCUT2D eigenvalue weighted by molar-refractivity contribution is -0.264. The first kappa shape index (κ1) is 28.0. The molecule has 2 aromatic heterocycles. The van der Waals surface area contributed by atoms with E-state index in [1.807, 2.05) is 43.0 Å². The maximum atomic E-state index is 16.6. The van der Waals surface area contributed by atoms with Gasteiger partial charge in [-0.1, -0.05) is 41.9 Å². The Morgan fingerprint density at radius 3 is 2.51 bits per heavy atom. The van der Waals surface area contributed by atoms with E-state index in [1.54, 1.807) is 18.3 Å². The molecule has 3 saturated heterocycles. The van der Waals surface area contributed by atoms with Crippen LogP contribution in [0.2, 0.25) is 5.02 Å². The number of rotatable bonds is 5. The molecule has 12 heteroatoms. The summed E-state index contributed by atoms with van der Waals surface area (Å²) in [6.07, 6.45) is 2.18. The van der Waals surface area contributed by atoms with E-state index in [0.717, 1.165) is 18.2 Å². The summed E-state index contributed by atoms with van der Waals surface area (Å²) in [7, 11) is 0. The molecule has 0 unspecified atom stereocenters. The number of hydrogen-bond acceptors (Lipinski definition) is 8. The van der Waals surface area contributed by atoms with Crippen molar-refractivity contribution in [2.24, 2.45) is 5.92 Å². The normalized spacial score (nSPS) is 22.0. The molecule has 4 aromatic rings. The van der Waals surface area contributed by atoms with Crippen LogP contribution in [0.15, 0.2) is 42.6 Å². The van der Waals surface area contributed by atoms with Crippen LogP contribution in [0.5, 0.6) is 6.01 Å². The van der Waals surface area contributed by atoms with E-state index in [0.29, 0.717) is 53.5 Å². The van der Waals surface area contributed by atoms with Crippen LogP contribution in [0.1, 0.15) is 26.7 Å². The molecule has 2 bridgehead atoms. The number of ether oxygens (including phenoxy) is 3. The maximum absolute atomic E-state index is 16.6. The van der Waals surface area contributed by atoms with Gasteiger partial charge in [0.1, 0.15) is 17.0 Å². The highest BCUT2D eigenvalue weighted by Gasteiger charge is 2.43. The third kappa shape index (κ3) is 5.09. The van der Waals surface area contributed by atoms with E-state index in [2.05, 4.69) is 9.97 Å². The minimum Gasteiger partial charge on any atom is -0.465 e. The Kier molecular flexibility index (Phi) is 6.98. The number of carbonyl (C=O) groups is 1. The van der Waals surface area contributed by atoms with Crippen LogP contribution >= 0.6 is 11.6 Å². The average Bonchev–Trinajstić information content (AvgIpc) is 3.26. The van der Waals surface area contributed by atoms with Gasteiger partial charge in [0.05, 0.1) is 37.3 Å². The molecule has 3 fully saturated rings. The number of halogens is 2. The van der Waals surface area contributed by atoms with E-state index < -0.39 is 17.7 Å². The fraction of sp³-hybridized carbons (Fsp3) is 0.419. The summed E-state index contributed by atoms with van der Waals surface area (Å²) in [5.41, 5.74) is 0.741. The lowest BCUT2D eigenvalue weighted by atomic mass is 10.0. The predicted octanol–water partition coefficient (Wildman–Crippen LogP) is 5.75. The van der Waals surface area contributed by atoms with E-state index in [-0.39, 0.29) is 41.8 Å². The Morgan fingerprint density at radius 1 is 1.12 bits per heavy atom. The van der Waals surface area contributed by atoms with Crippen molar-refractivity contribution in [3.63, 3.8) is 0 Å². The van der Waals surface area contributed by atoms with E-state index in [4.69, 9.17) is 30.8 Å². The highest BCUT2D eigenvalue weighted by molar-refractivity contribution is 6.36. The standard InChI is InChI=1S/C31H31ClFN5O5/c1-31(2)42-15-17(16-43-31)14-41-29-35-27-22(28(36-29)37-12-19-9-10-20(13-37)38(19)30(39)40)11-34-26(25(27)33)21-7-3-5-18-6-4-8-23(32)24(18)21/h3-8,11,17,19-20H,9-10,12-16H2,1-2H3,(H,39,40)/t19-,20+. The molecular formula is C31H31ClFN5O5. The van der Waals surface area contributed by atoms with Crippen LogP contribution < -0.4 is 9.64 Å². The van der Waals surface area contributed by atoms with Gasteiger partial charge in [0.25, 0.3) is 0 Å². The minimum absolute atomic E-state index is 0.0207. The number of benzene rings is 2. The van der Waals surface area contributed by atoms with Gasteiger partial charge in [-0.2, -0.15) is 9.97 Å². The van der Waals surface area contributed by atoms with Crippen LogP contribution in [-0.4, -0.2) is 81.8 Å². The van der Waals surface area contributed by atoms with Crippen LogP contribution in [0, 0.1) is 11.7 Å². The molecule has 0 spiro atoms. The molecule has 7 rings (SSSR count). The molecule has 1 amide bonds. The summed E-state index contributed by atoms with van der Waals surface area (Å²) in [6, 6.07) is 10.7. The molecule has 3 aliphatic heterocycles. The first-order valence-electron chi connectivity index (χ1n) is 14.4. The van der Waals surface area contributed by atoms with E-state index >= 15 is 4.39 Å². The number of carboxylic acid groups (broad SMARTS) is 1. The Bertz CT molecular complexity index is 1710. The van der Waals surface area contributed by atoms with Gasteiger partial charge < -0.3 is 24.2 Å². The zero-order valence-corrected chi connectivity index (χ0v) is 24.6. The van der Waals surface area contributed by atoms with Crippen LogP contribution in [-0.2, 0) is 9.47 Å². The van der Waals surface area contributed by atoms with Gasteiger partial charge in [0.15, 0.2) is 11.6 Å². The molecule has 43 heavy (non-hydrogen) atoms. The molecule has 2 aromatic carbocycles. The largest absolute Gasteiger partial charge is 0.465 e. The molecule has 1 N–H and O–H groups in total. The smallest absolute Gasteiger partial charge is 0.407 e. The quantitative estimate of drug-likeness (QED) is 0.303. The first-order chi connectivity index (χ1) is 20.7. The van der Waals surface area contributed by atoms with Gasteiger partial charge in [-0.25, -0.2) is 9.18 Å². The fourth-order valence-corrected chi connectivity index (χ4v) is 6.69. The highest BCUT2D eigenvalue weighted by Crippen LogP contribution is 2.39. The summed E-state index contributed by atoms with van der Waals surface area (Å²) in [5.74, 6) is -0.858. The number of pyridine rings is 1. The van der Waals surface area contributed by atoms with Crippen molar-refractivity contribution in [1.82, 2.24) is 19.9 Å². The molecule has 224 valence electrons. The second-order valence-electron chi connectivity index (χ2n) is 11.8. The van der Waals surface area contributed by atoms with Gasteiger partial charge in [-0.05, 0) is 38.1 Å². The number of aromatic nitrogens is 3. The number of fused-ring (bicyclic) bond motifs is 4. The van der Waals surface area contributed by atoms with Crippen LogP contribution in [0.3, 0.4) is 0 Å². The van der Waals surface area contributed by atoms with Crippen molar-refractivity contribution in [2.75, 3.05) is 37.8 Å². The molecule has 3 aliphatic rings. The predicted molar refractivity (Wildman–Crippen MR) is 159 cm³/mol. The Hall–Kier alpha value is -3.80. The third-order valence-corrected chi connectivity index (χ3v) is 8.85. The van der Waals surface area contributed by atoms with Crippen molar-refractivity contribution < 1.29 is 28.5 Å². The van der Waals surface area contributed by atoms with Crippen molar-refractivity contribution in [3.8, 4) is 17.3 Å². The van der Waals surface area contributed by atoms with Crippen molar-refractivity contribution in [2.45, 2.75) is 44.6 Å². The van der Waals surface area contributed by atoms with E-state index in [1.165, 1.54) is 4.90 Å². The summed E-state index contributed by atoms with van der Waals surface area (Å²) in [5, 5.41) is 12.2. The van der Waals surface area contributed by atoms with Gasteiger partial charge in [0, 0.05) is 41.2 Å². The molecule has 0 radical (unpaired) electrons. The number of nitrogens with zero attached hydrogens (tertiary/aromatic N) is 5. The van der Waals surface area contributed by atoms with E-state index in [9.17, 15) is 9.90 Å². The Morgan fingerprint density at radius 2 is 1.81 bits per heavy atom. The second-order valence-corrected chi connectivity index (χ2v) is 12.2. The fourth-order valence-electron chi connectivity index (χ4n) is 6.41. The van der Waals surface area contributed by atoms with Crippen molar-refractivity contribution >= 4 is 45.2 Å². The Labute approximate surface area is 252 Å². The third-order valence-electron chi connectivity index (χ3n) is 8.54. The second kappa shape index (κ2) is 10.7. The SMILES string of the molecule is CC1(C)OCC(COc2nc(N3C[C@H]4CC[C@@H](C3)N4C(=O)O)c3cnc(-c4cccc5cccc(Cl)c45)c(F)c3n2)CO1. The number of amides is 1. The highest BCUT2D eigenvalue weighted by atomic mass is 35.5. The zero-order valence-electron chi connectivity index (χ0n) is 23.8. The van der Waals surface area contributed by atoms with Gasteiger partial charge >= 0.3 is 12.1 Å². The molecule has 0 aliphatic carbocycles. The lowest BCUT2D eigenvalue weighted by Crippen LogP contribution is -2.55. The summed E-state index contributed by atoms with van der Waals surface area (Å²) in [6.45, 7) is 5.68. The number of piperazine rings is 1. The molecule has 5 heterocycles. The monoisotopic (exact) mass is 607 g/mol. The average molecular weight is 608 g/mol. The van der Waals surface area contributed by atoms with Crippen LogP contribution in [0.25, 0.3) is 32.9 Å². The van der Waals surface area contributed by atoms with Gasteiger partial charge in [0.2, 0.25) is 0 Å². The zero-order chi connectivity index (χ0) is 29.9. The van der Waals surface area contributed by atoms with Crippen molar-refractivity contribution in [3.05, 3.63) is 53.4 Å². The maximum Gasteiger partial charge on any atom is 0.407 e. The number of anilines is 1. The van der Waals surface area contributed by atoms with Gasteiger partial charge in [-0.3, -0.25) is 9.88 Å². The lowest BCUT2D eigenvalue weighted by Gasteiger charge is -2.40. The summed E-state index contributed by atoms with van der Waals surface area (Å²) in [4.78, 5) is 29.3. The Balaban J connectivity index is 1.30. The van der Waals surface area contributed by atoms with Crippen LogP contribution in [0.4, 0.5) is 15.0 Å². The topological polar surface area (TPSA) is 110 Å². The summed E-state index contributed by atoms with van der Waals surface area (Å²) < 4.78 is 34.1.